The number of benzene rings is 1. The zero-order chi connectivity index (χ0) is 14.7. The summed E-state index contributed by atoms with van der Waals surface area (Å²) in [4.78, 5) is 22.8. The molecule has 6 heteroatoms. The molecule has 0 aliphatic heterocycles. The summed E-state index contributed by atoms with van der Waals surface area (Å²) in [6.07, 6.45) is 0.660. The third-order valence-electron chi connectivity index (χ3n) is 2.75. The Bertz CT molecular complexity index is 659. The van der Waals surface area contributed by atoms with Gasteiger partial charge in [0.15, 0.2) is 11.5 Å². The molecule has 104 valence electrons. The number of rotatable bonds is 4. The lowest BCUT2D eigenvalue weighted by Gasteiger charge is -2.07. The predicted molar refractivity (Wildman–Crippen MR) is 71.1 cm³/mol. The fourth-order valence-electron chi connectivity index (χ4n) is 1.69. The van der Waals surface area contributed by atoms with Gasteiger partial charge in [-0.15, -0.1) is 0 Å². The summed E-state index contributed by atoms with van der Waals surface area (Å²) in [6, 6.07) is 7.28. The number of furan rings is 1. The average molecular weight is 275 g/mol. The zero-order valence-corrected chi connectivity index (χ0v) is 10.7. The predicted octanol–water partition coefficient (Wildman–Crippen LogP) is 2.50. The highest BCUT2D eigenvalue weighted by Crippen LogP contribution is 2.28. The monoisotopic (exact) mass is 275 g/mol. The Morgan fingerprint density at radius 1 is 1.25 bits per heavy atom. The first kappa shape index (κ1) is 13.7. The van der Waals surface area contributed by atoms with Crippen molar-refractivity contribution in [2.24, 2.45) is 0 Å². The summed E-state index contributed by atoms with van der Waals surface area (Å²) in [7, 11) is 0. The maximum absolute atomic E-state index is 11.9. The van der Waals surface area contributed by atoms with Gasteiger partial charge in [-0.3, -0.25) is 4.79 Å². The fourth-order valence-corrected chi connectivity index (χ4v) is 1.69. The van der Waals surface area contributed by atoms with Crippen LogP contribution in [0.3, 0.4) is 0 Å². The number of aromatic hydroxyl groups is 1. The summed E-state index contributed by atoms with van der Waals surface area (Å²) in [6.45, 7) is 1.89. The van der Waals surface area contributed by atoms with Gasteiger partial charge in [0.2, 0.25) is 0 Å². The summed E-state index contributed by atoms with van der Waals surface area (Å²) in [5.41, 5.74) is -0.263. The highest BCUT2D eigenvalue weighted by molar-refractivity contribution is 6.04. The molecular formula is C14H13NO5. The number of hydrogen-bond donors (Lipinski definition) is 3. The SMILES string of the molecule is CCc1ccc(C(=O)Nc2cccc(C(=O)O)c2O)o1. The summed E-state index contributed by atoms with van der Waals surface area (Å²) in [5, 5.41) is 21.1. The van der Waals surface area contributed by atoms with Gasteiger partial charge < -0.3 is 19.9 Å². The quantitative estimate of drug-likeness (QED) is 0.744. The molecule has 0 aliphatic rings. The van der Waals surface area contributed by atoms with Gasteiger partial charge in [-0.1, -0.05) is 13.0 Å². The van der Waals surface area contributed by atoms with E-state index in [0.717, 1.165) is 0 Å². The lowest BCUT2D eigenvalue weighted by atomic mass is 10.1. The van der Waals surface area contributed by atoms with Gasteiger partial charge in [0.1, 0.15) is 11.3 Å². The molecule has 3 N–H and O–H groups in total. The highest BCUT2D eigenvalue weighted by atomic mass is 16.4. The molecule has 0 bridgehead atoms. The molecule has 2 rings (SSSR count). The molecule has 1 aromatic heterocycles. The average Bonchev–Trinajstić information content (AvgIpc) is 2.89. The van der Waals surface area contributed by atoms with Crippen LogP contribution in [0.4, 0.5) is 5.69 Å². The number of carbonyl (C=O) groups is 2. The third kappa shape index (κ3) is 2.64. The van der Waals surface area contributed by atoms with E-state index >= 15 is 0 Å². The van der Waals surface area contributed by atoms with Crippen molar-refractivity contribution in [3.05, 3.63) is 47.4 Å². The summed E-state index contributed by atoms with van der Waals surface area (Å²) < 4.78 is 5.27. The van der Waals surface area contributed by atoms with Crippen LogP contribution in [0, 0.1) is 0 Å². The fraction of sp³-hybridized carbons (Fsp3) is 0.143. The normalized spacial score (nSPS) is 10.2. The van der Waals surface area contributed by atoms with E-state index in [0.29, 0.717) is 12.2 Å². The number of anilines is 1. The summed E-state index contributed by atoms with van der Waals surface area (Å²) >= 11 is 0. The van der Waals surface area contributed by atoms with Crippen molar-refractivity contribution in [2.45, 2.75) is 13.3 Å². The Kier molecular flexibility index (Phi) is 3.74. The number of phenols is 1. The number of aromatic carboxylic acids is 1. The van der Waals surface area contributed by atoms with E-state index in [2.05, 4.69) is 5.32 Å². The molecule has 0 aliphatic carbocycles. The van der Waals surface area contributed by atoms with Gasteiger partial charge in [0.05, 0.1) is 5.69 Å². The van der Waals surface area contributed by atoms with Crippen molar-refractivity contribution in [1.82, 2.24) is 0 Å². The second kappa shape index (κ2) is 5.48. The van der Waals surface area contributed by atoms with E-state index in [1.54, 1.807) is 6.07 Å². The maximum Gasteiger partial charge on any atom is 0.339 e. The number of carboxylic acid groups (broad SMARTS) is 1. The molecule has 0 atom stereocenters. The topological polar surface area (TPSA) is 99.8 Å². The standard InChI is InChI=1S/C14H13NO5/c1-2-8-6-7-11(20-8)13(17)15-10-5-3-4-9(12(10)16)14(18)19/h3-7,16H,2H2,1H3,(H,15,17)(H,18,19). The Morgan fingerprint density at radius 3 is 2.60 bits per heavy atom. The lowest BCUT2D eigenvalue weighted by molar-refractivity contribution is 0.0693. The van der Waals surface area contributed by atoms with Crippen LogP contribution in [0.15, 0.2) is 34.7 Å². The Hall–Kier alpha value is -2.76. The first-order chi connectivity index (χ1) is 9.52. The molecule has 20 heavy (non-hydrogen) atoms. The molecule has 0 saturated heterocycles. The minimum Gasteiger partial charge on any atom is -0.505 e. The molecule has 1 heterocycles. The number of nitrogens with one attached hydrogen (secondary N) is 1. The Morgan fingerprint density at radius 2 is 2.00 bits per heavy atom. The first-order valence-corrected chi connectivity index (χ1v) is 5.98. The van der Waals surface area contributed by atoms with E-state index in [9.17, 15) is 14.7 Å². The zero-order valence-electron chi connectivity index (χ0n) is 10.7. The van der Waals surface area contributed by atoms with Crippen LogP contribution in [0.25, 0.3) is 0 Å². The van der Waals surface area contributed by atoms with Crippen LogP contribution >= 0.6 is 0 Å². The van der Waals surface area contributed by atoms with Gasteiger partial charge in [0.25, 0.3) is 5.91 Å². The molecule has 0 radical (unpaired) electrons. The number of amides is 1. The molecule has 0 spiro atoms. The molecule has 0 unspecified atom stereocenters. The largest absolute Gasteiger partial charge is 0.505 e. The molecule has 1 amide bonds. The molecule has 0 saturated carbocycles. The van der Waals surface area contributed by atoms with Gasteiger partial charge >= 0.3 is 5.97 Å². The van der Waals surface area contributed by atoms with Gasteiger partial charge in [-0.2, -0.15) is 0 Å². The second-order valence-electron chi connectivity index (χ2n) is 4.08. The van der Waals surface area contributed by atoms with E-state index in [1.165, 1.54) is 24.3 Å². The van der Waals surface area contributed by atoms with Crippen molar-refractivity contribution >= 4 is 17.6 Å². The number of carbonyl (C=O) groups excluding carboxylic acids is 1. The Balaban J connectivity index is 2.24. The van der Waals surface area contributed by atoms with Crippen LogP contribution in [-0.2, 0) is 6.42 Å². The van der Waals surface area contributed by atoms with Gasteiger partial charge in [-0.05, 0) is 24.3 Å². The lowest BCUT2D eigenvalue weighted by Crippen LogP contribution is -2.12. The van der Waals surface area contributed by atoms with E-state index in [4.69, 9.17) is 9.52 Å². The number of para-hydroxylation sites is 1. The number of hydrogen-bond acceptors (Lipinski definition) is 4. The van der Waals surface area contributed by atoms with E-state index < -0.39 is 17.6 Å². The number of aryl methyl sites for hydroxylation is 1. The second-order valence-corrected chi connectivity index (χ2v) is 4.08. The molecule has 0 fully saturated rings. The first-order valence-electron chi connectivity index (χ1n) is 5.98. The van der Waals surface area contributed by atoms with Crippen molar-refractivity contribution in [1.29, 1.82) is 0 Å². The van der Waals surface area contributed by atoms with Crippen LogP contribution < -0.4 is 5.32 Å². The van der Waals surface area contributed by atoms with Gasteiger partial charge in [-0.25, -0.2) is 4.79 Å². The van der Waals surface area contributed by atoms with Crippen LogP contribution in [-0.4, -0.2) is 22.1 Å². The Labute approximate surface area is 114 Å². The van der Waals surface area contributed by atoms with Crippen molar-refractivity contribution in [2.75, 3.05) is 5.32 Å². The van der Waals surface area contributed by atoms with Crippen molar-refractivity contribution in [3.63, 3.8) is 0 Å². The maximum atomic E-state index is 11.9. The van der Waals surface area contributed by atoms with Crippen molar-refractivity contribution < 1.29 is 24.2 Å². The molecule has 1 aromatic carbocycles. The van der Waals surface area contributed by atoms with E-state index in [-0.39, 0.29) is 17.0 Å². The van der Waals surface area contributed by atoms with Crippen molar-refractivity contribution in [3.8, 4) is 5.75 Å². The van der Waals surface area contributed by atoms with Crippen LogP contribution in [0.2, 0.25) is 0 Å². The van der Waals surface area contributed by atoms with E-state index in [1.807, 2.05) is 6.92 Å². The summed E-state index contributed by atoms with van der Waals surface area (Å²) in [5.74, 6) is -1.55. The molecule has 2 aromatic rings. The highest BCUT2D eigenvalue weighted by Gasteiger charge is 2.17. The minimum absolute atomic E-state index is 0.0179. The number of carboxylic acids is 1. The minimum atomic E-state index is -1.27. The third-order valence-corrected chi connectivity index (χ3v) is 2.75. The van der Waals surface area contributed by atoms with Crippen LogP contribution in [0.5, 0.6) is 5.75 Å². The molecular weight excluding hydrogens is 262 g/mol. The smallest absolute Gasteiger partial charge is 0.339 e. The van der Waals surface area contributed by atoms with Gasteiger partial charge in [0, 0.05) is 6.42 Å². The molecule has 6 nitrogen and oxygen atoms in total. The van der Waals surface area contributed by atoms with Crippen LogP contribution in [0.1, 0.15) is 33.6 Å².